The number of hydrogen-bond acceptors (Lipinski definition) is 5. The first-order valence-corrected chi connectivity index (χ1v) is 10.8. The molecule has 6 heteroatoms. The van der Waals surface area contributed by atoms with Gasteiger partial charge in [0.05, 0.1) is 18.1 Å². The summed E-state index contributed by atoms with van der Waals surface area (Å²) in [6.07, 6.45) is 5.34. The van der Waals surface area contributed by atoms with E-state index in [-0.39, 0.29) is 0 Å². The van der Waals surface area contributed by atoms with Gasteiger partial charge in [0.15, 0.2) is 5.76 Å². The lowest BCUT2D eigenvalue weighted by molar-refractivity contribution is 0.622. The second-order valence-electron chi connectivity index (χ2n) is 7.29. The van der Waals surface area contributed by atoms with Crippen LogP contribution in [0.4, 0.5) is 5.69 Å². The van der Waals surface area contributed by atoms with E-state index >= 15 is 0 Å². The Bertz CT molecular complexity index is 1420. The lowest BCUT2D eigenvalue weighted by Crippen LogP contribution is -2.11. The quantitative estimate of drug-likeness (QED) is 0.328. The molecule has 31 heavy (non-hydrogen) atoms. The second-order valence-corrected chi connectivity index (χ2v) is 8.13. The maximum Gasteiger partial charge on any atom is 0.211 e. The van der Waals surface area contributed by atoms with Crippen molar-refractivity contribution in [3.8, 4) is 11.5 Å². The molecule has 0 radical (unpaired) electrons. The van der Waals surface area contributed by atoms with Gasteiger partial charge in [-0.2, -0.15) is 5.10 Å². The predicted octanol–water partition coefficient (Wildman–Crippen LogP) is 6.09. The van der Waals surface area contributed by atoms with Crippen LogP contribution in [0.5, 0.6) is 0 Å². The average Bonchev–Trinajstić information content (AvgIpc) is 3.37. The highest BCUT2D eigenvalue weighted by atomic mass is 32.1. The van der Waals surface area contributed by atoms with Crippen LogP contribution in [-0.4, -0.2) is 15.9 Å². The van der Waals surface area contributed by atoms with Gasteiger partial charge in [0.2, 0.25) is 4.80 Å². The summed E-state index contributed by atoms with van der Waals surface area (Å²) in [5.74, 6) is 0.753. The zero-order valence-corrected chi connectivity index (χ0v) is 18.0. The molecule has 0 atom stereocenters. The van der Waals surface area contributed by atoms with Crippen molar-refractivity contribution in [2.75, 3.05) is 0 Å². The zero-order valence-electron chi connectivity index (χ0n) is 17.2. The van der Waals surface area contributed by atoms with E-state index in [1.807, 2.05) is 58.7 Å². The molecular formula is C25H20N4OS. The minimum atomic E-state index is 0.740. The Balaban J connectivity index is 1.66. The van der Waals surface area contributed by atoms with Gasteiger partial charge in [-0.25, -0.2) is 9.67 Å². The van der Waals surface area contributed by atoms with Gasteiger partial charge < -0.3 is 4.42 Å². The van der Waals surface area contributed by atoms with Crippen molar-refractivity contribution < 1.29 is 4.42 Å². The molecule has 0 aliphatic carbocycles. The minimum Gasteiger partial charge on any atom is -0.454 e. The van der Waals surface area contributed by atoms with E-state index in [9.17, 15) is 0 Å². The van der Waals surface area contributed by atoms with Crippen molar-refractivity contribution in [2.24, 2.45) is 10.1 Å². The number of hydrogen-bond donors (Lipinski definition) is 0. The number of aryl methyl sites for hydroxylation is 2. The van der Waals surface area contributed by atoms with Gasteiger partial charge in [-0.15, -0.1) is 11.3 Å². The van der Waals surface area contributed by atoms with Gasteiger partial charge in [-0.3, -0.25) is 4.98 Å². The molecule has 0 saturated carbocycles. The van der Waals surface area contributed by atoms with Crippen LogP contribution in [0.1, 0.15) is 16.7 Å². The fourth-order valence-corrected chi connectivity index (χ4v) is 4.22. The van der Waals surface area contributed by atoms with E-state index < -0.39 is 0 Å². The molecule has 0 aliphatic heterocycles. The van der Waals surface area contributed by atoms with Crippen molar-refractivity contribution >= 4 is 34.2 Å². The highest BCUT2D eigenvalue weighted by Gasteiger charge is 2.13. The third kappa shape index (κ3) is 3.98. The van der Waals surface area contributed by atoms with Crippen LogP contribution in [0, 0.1) is 13.8 Å². The lowest BCUT2D eigenvalue weighted by atomic mass is 10.1. The van der Waals surface area contributed by atoms with E-state index in [0.717, 1.165) is 38.5 Å². The van der Waals surface area contributed by atoms with E-state index in [1.165, 1.54) is 22.5 Å². The SMILES string of the molecule is Cc1ccc(C=Nn2c(-c3cc4ccccc4o3)csc2=Nc2cccnc2)c(C)c1. The van der Waals surface area contributed by atoms with Crippen LogP contribution in [0.2, 0.25) is 0 Å². The molecule has 0 aliphatic rings. The molecule has 0 bridgehead atoms. The maximum atomic E-state index is 6.11. The number of nitrogens with zero attached hydrogens (tertiary/aromatic N) is 4. The van der Waals surface area contributed by atoms with E-state index in [0.29, 0.717) is 0 Å². The third-order valence-corrected chi connectivity index (χ3v) is 5.79. The van der Waals surface area contributed by atoms with Crippen molar-refractivity contribution in [1.82, 2.24) is 9.66 Å². The molecular weight excluding hydrogens is 404 g/mol. The summed E-state index contributed by atoms with van der Waals surface area (Å²) < 4.78 is 7.94. The summed E-state index contributed by atoms with van der Waals surface area (Å²) in [7, 11) is 0. The number of pyridine rings is 1. The van der Waals surface area contributed by atoms with Crippen LogP contribution in [-0.2, 0) is 0 Å². The van der Waals surface area contributed by atoms with Crippen molar-refractivity contribution in [2.45, 2.75) is 13.8 Å². The minimum absolute atomic E-state index is 0.740. The van der Waals surface area contributed by atoms with Crippen molar-refractivity contribution in [1.29, 1.82) is 0 Å². The molecule has 152 valence electrons. The Morgan fingerprint density at radius 1 is 1.03 bits per heavy atom. The summed E-state index contributed by atoms with van der Waals surface area (Å²) in [5, 5.41) is 7.87. The molecule has 0 amide bonds. The third-order valence-electron chi connectivity index (χ3n) is 4.97. The average molecular weight is 425 g/mol. The van der Waals surface area contributed by atoms with Gasteiger partial charge in [0.1, 0.15) is 11.3 Å². The van der Waals surface area contributed by atoms with Crippen LogP contribution in [0.3, 0.4) is 0 Å². The Kier molecular flexibility index (Phi) is 5.06. The molecule has 5 nitrogen and oxygen atoms in total. The molecule has 0 unspecified atom stereocenters. The first kappa shape index (κ1) is 19.2. The number of benzene rings is 2. The number of thiazole rings is 1. The van der Waals surface area contributed by atoms with Crippen molar-refractivity contribution in [3.05, 3.63) is 99.9 Å². The normalized spacial score (nSPS) is 12.3. The monoisotopic (exact) mass is 424 g/mol. The maximum absolute atomic E-state index is 6.11. The summed E-state index contributed by atoms with van der Waals surface area (Å²) >= 11 is 1.51. The summed E-state index contributed by atoms with van der Waals surface area (Å²) in [6, 6.07) is 20.1. The summed E-state index contributed by atoms with van der Waals surface area (Å²) in [5.41, 5.74) is 5.94. The van der Waals surface area contributed by atoms with E-state index in [1.54, 1.807) is 12.4 Å². The topological polar surface area (TPSA) is 55.7 Å². The molecule has 2 aromatic carbocycles. The second kappa shape index (κ2) is 8.16. The van der Waals surface area contributed by atoms with Gasteiger partial charge >= 0.3 is 0 Å². The number of furan rings is 1. The lowest BCUT2D eigenvalue weighted by Gasteiger charge is -2.03. The standard InChI is InChI=1S/C25H20N4OS/c1-17-9-10-20(18(2)12-17)14-27-29-22(24-13-19-6-3-4-8-23(19)30-24)16-31-25(29)28-21-7-5-11-26-15-21/h3-16H,1-2H3. The molecule has 0 saturated heterocycles. The van der Waals surface area contributed by atoms with Crippen LogP contribution in [0.25, 0.3) is 22.4 Å². The Labute approximate surface area is 183 Å². The smallest absolute Gasteiger partial charge is 0.211 e. The predicted molar refractivity (Wildman–Crippen MR) is 126 cm³/mol. The number of aromatic nitrogens is 2. The fraction of sp³-hybridized carbons (Fsp3) is 0.0800. The van der Waals surface area contributed by atoms with E-state index in [2.05, 4.69) is 37.0 Å². The molecule has 0 fully saturated rings. The van der Waals surface area contributed by atoms with Crippen LogP contribution >= 0.6 is 11.3 Å². The van der Waals surface area contributed by atoms with Gasteiger partial charge in [0, 0.05) is 17.0 Å². The number of para-hydroxylation sites is 1. The van der Waals surface area contributed by atoms with Crippen LogP contribution < -0.4 is 4.80 Å². The molecule has 3 aromatic heterocycles. The fourth-order valence-electron chi connectivity index (χ4n) is 3.39. The Hall–Kier alpha value is -3.77. The molecule has 3 heterocycles. The van der Waals surface area contributed by atoms with Crippen molar-refractivity contribution in [3.63, 3.8) is 0 Å². The first-order chi connectivity index (χ1) is 15.2. The number of rotatable bonds is 4. The van der Waals surface area contributed by atoms with Gasteiger partial charge in [-0.1, -0.05) is 42.0 Å². The van der Waals surface area contributed by atoms with E-state index in [4.69, 9.17) is 14.5 Å². The summed E-state index contributed by atoms with van der Waals surface area (Å²) in [6.45, 7) is 4.18. The van der Waals surface area contributed by atoms with Gasteiger partial charge in [-0.05, 0) is 49.2 Å². The molecule has 5 aromatic rings. The Morgan fingerprint density at radius 2 is 1.94 bits per heavy atom. The largest absolute Gasteiger partial charge is 0.454 e. The number of fused-ring (bicyclic) bond motifs is 1. The molecule has 0 spiro atoms. The van der Waals surface area contributed by atoms with Crippen LogP contribution in [0.15, 0.2) is 92.9 Å². The summed E-state index contributed by atoms with van der Waals surface area (Å²) in [4.78, 5) is 9.66. The van der Waals surface area contributed by atoms with Gasteiger partial charge in [0.25, 0.3) is 0 Å². The molecule has 0 N–H and O–H groups in total. The highest BCUT2D eigenvalue weighted by molar-refractivity contribution is 7.07. The first-order valence-electron chi connectivity index (χ1n) is 9.93. The molecule has 5 rings (SSSR count). The Morgan fingerprint density at radius 3 is 2.74 bits per heavy atom. The zero-order chi connectivity index (χ0) is 21.2. The highest BCUT2D eigenvalue weighted by Crippen LogP contribution is 2.28.